The number of methoxy groups -OCH3 is 1. The zero-order valence-electron chi connectivity index (χ0n) is 12.9. The van der Waals surface area contributed by atoms with Crippen LogP contribution in [0.15, 0.2) is 0 Å². The van der Waals surface area contributed by atoms with E-state index in [1.165, 1.54) is 15.7 Å². The van der Waals surface area contributed by atoms with Crippen molar-refractivity contribution in [3.8, 4) is 0 Å². The first kappa shape index (κ1) is 15.7. The molecule has 114 valence electrons. The van der Waals surface area contributed by atoms with Gasteiger partial charge in [-0.2, -0.15) is 0 Å². The second-order valence-electron chi connectivity index (χ2n) is 5.32. The van der Waals surface area contributed by atoms with Gasteiger partial charge >= 0.3 is 0 Å². The lowest BCUT2D eigenvalue weighted by Gasteiger charge is -2.30. The molecule has 1 saturated heterocycles. The molecule has 0 spiro atoms. The number of hydrogen-bond acceptors (Lipinski definition) is 5. The maximum atomic E-state index is 5.44. The Morgan fingerprint density at radius 3 is 2.70 bits per heavy atom. The second kappa shape index (κ2) is 7.96. The molecule has 1 fully saturated rings. The first-order valence-electron chi connectivity index (χ1n) is 7.75. The van der Waals surface area contributed by atoms with E-state index in [-0.39, 0.29) is 0 Å². The fourth-order valence-corrected chi connectivity index (χ4v) is 3.72. The van der Waals surface area contributed by atoms with Gasteiger partial charge in [0.15, 0.2) is 5.13 Å². The van der Waals surface area contributed by atoms with E-state index in [1.807, 2.05) is 18.4 Å². The van der Waals surface area contributed by atoms with Gasteiger partial charge in [0.1, 0.15) is 0 Å². The monoisotopic (exact) mass is 297 g/mol. The molecule has 4 nitrogen and oxygen atoms in total. The molecule has 1 aliphatic rings. The van der Waals surface area contributed by atoms with Gasteiger partial charge in [0.05, 0.1) is 11.8 Å². The predicted octanol–water partition coefficient (Wildman–Crippen LogP) is 2.82. The maximum absolute atomic E-state index is 5.44. The minimum absolute atomic E-state index is 0.433. The molecule has 5 heteroatoms. The summed E-state index contributed by atoms with van der Waals surface area (Å²) in [7, 11) is 1.82. The summed E-state index contributed by atoms with van der Waals surface area (Å²) in [6, 6.07) is 0. The summed E-state index contributed by atoms with van der Waals surface area (Å²) in [5.74, 6) is 0. The van der Waals surface area contributed by atoms with Crippen LogP contribution >= 0.6 is 11.3 Å². The van der Waals surface area contributed by atoms with Gasteiger partial charge in [-0.25, -0.2) is 4.98 Å². The minimum Gasteiger partial charge on any atom is -0.381 e. The van der Waals surface area contributed by atoms with Gasteiger partial charge in [0.2, 0.25) is 0 Å². The molecule has 0 aliphatic carbocycles. The number of aryl methyl sites for hydroxylation is 1. The molecule has 1 aliphatic heterocycles. The van der Waals surface area contributed by atoms with Gasteiger partial charge in [0, 0.05) is 31.6 Å². The molecule has 0 unspecified atom stereocenters. The molecule has 0 bridgehead atoms. The topological polar surface area (TPSA) is 37.4 Å². The summed E-state index contributed by atoms with van der Waals surface area (Å²) in [5.41, 5.74) is 1.29. The van der Waals surface area contributed by atoms with Crippen molar-refractivity contribution in [2.45, 2.75) is 52.2 Å². The third-order valence-corrected chi connectivity index (χ3v) is 4.99. The van der Waals surface area contributed by atoms with Gasteiger partial charge in [-0.1, -0.05) is 20.3 Å². The van der Waals surface area contributed by atoms with Crippen LogP contribution in [0.3, 0.4) is 0 Å². The normalized spacial score (nSPS) is 16.9. The van der Waals surface area contributed by atoms with Crippen LogP contribution in [-0.2, 0) is 17.7 Å². The van der Waals surface area contributed by atoms with Gasteiger partial charge in [-0.05, 0) is 25.8 Å². The molecule has 0 aromatic carbocycles. The van der Waals surface area contributed by atoms with Crippen LogP contribution in [0.4, 0.5) is 5.13 Å². The molecule has 2 rings (SSSR count). The Bertz CT molecular complexity index is 400. The average Bonchev–Trinajstić information content (AvgIpc) is 2.89. The Labute approximate surface area is 126 Å². The van der Waals surface area contributed by atoms with Crippen molar-refractivity contribution < 1.29 is 4.74 Å². The molecular weight excluding hydrogens is 270 g/mol. The van der Waals surface area contributed by atoms with Crippen molar-refractivity contribution in [3.05, 3.63) is 10.6 Å². The third-order valence-electron chi connectivity index (χ3n) is 3.84. The number of nitrogens with zero attached hydrogens (tertiary/aromatic N) is 2. The molecule has 1 aromatic rings. The first-order valence-corrected chi connectivity index (χ1v) is 8.57. The smallest absolute Gasteiger partial charge is 0.185 e. The fourth-order valence-electron chi connectivity index (χ4n) is 2.60. The molecule has 1 aromatic heterocycles. The van der Waals surface area contributed by atoms with E-state index in [2.05, 4.69) is 24.1 Å². The van der Waals surface area contributed by atoms with Crippen LogP contribution in [0.5, 0.6) is 0 Å². The van der Waals surface area contributed by atoms with Crippen LogP contribution in [0.2, 0.25) is 0 Å². The fraction of sp³-hybridized carbons (Fsp3) is 0.800. The van der Waals surface area contributed by atoms with E-state index >= 15 is 0 Å². The van der Waals surface area contributed by atoms with E-state index in [4.69, 9.17) is 9.72 Å². The van der Waals surface area contributed by atoms with E-state index in [0.29, 0.717) is 6.10 Å². The Balaban J connectivity index is 2.04. The summed E-state index contributed by atoms with van der Waals surface area (Å²) >= 11 is 1.87. The molecule has 20 heavy (non-hydrogen) atoms. The number of rotatable bonds is 7. The number of thiazole rings is 1. The number of piperidine rings is 1. The third kappa shape index (κ3) is 3.93. The largest absolute Gasteiger partial charge is 0.381 e. The van der Waals surface area contributed by atoms with Crippen molar-refractivity contribution in [2.24, 2.45) is 0 Å². The van der Waals surface area contributed by atoms with Crippen LogP contribution in [0.25, 0.3) is 0 Å². The van der Waals surface area contributed by atoms with E-state index in [9.17, 15) is 0 Å². The molecule has 0 atom stereocenters. The molecular formula is C15H27N3OS. The Hall–Kier alpha value is -0.650. The van der Waals surface area contributed by atoms with Crippen LogP contribution in [-0.4, -0.2) is 37.8 Å². The molecule has 0 amide bonds. The van der Waals surface area contributed by atoms with Gasteiger partial charge < -0.3 is 15.0 Å². The summed E-state index contributed by atoms with van der Waals surface area (Å²) in [4.78, 5) is 8.73. The number of hydrogen-bond donors (Lipinski definition) is 1. The SMILES string of the molecule is CCCc1nc(N2CCC(OC)CC2)sc1CNCC. The molecule has 1 N–H and O–H groups in total. The van der Waals surface area contributed by atoms with Gasteiger partial charge in [-0.15, -0.1) is 11.3 Å². The summed E-state index contributed by atoms with van der Waals surface area (Å²) in [5, 5.41) is 4.63. The number of ether oxygens (including phenoxy) is 1. The summed E-state index contributed by atoms with van der Waals surface area (Å²) in [6.07, 6.45) is 4.91. The Morgan fingerprint density at radius 2 is 2.10 bits per heavy atom. The van der Waals surface area contributed by atoms with Gasteiger partial charge in [-0.3, -0.25) is 0 Å². The van der Waals surface area contributed by atoms with Crippen LogP contribution in [0, 0.1) is 0 Å². The predicted molar refractivity (Wildman–Crippen MR) is 85.7 cm³/mol. The highest BCUT2D eigenvalue weighted by Gasteiger charge is 2.22. The summed E-state index contributed by atoms with van der Waals surface area (Å²) in [6.45, 7) is 8.48. The highest BCUT2D eigenvalue weighted by Crippen LogP contribution is 2.29. The zero-order chi connectivity index (χ0) is 14.4. The van der Waals surface area contributed by atoms with Crippen molar-refractivity contribution >= 4 is 16.5 Å². The Kier molecular flexibility index (Phi) is 6.26. The van der Waals surface area contributed by atoms with Crippen LogP contribution in [0.1, 0.15) is 43.7 Å². The van der Waals surface area contributed by atoms with Crippen LogP contribution < -0.4 is 10.2 Å². The second-order valence-corrected chi connectivity index (χ2v) is 6.38. The minimum atomic E-state index is 0.433. The average molecular weight is 297 g/mol. The van der Waals surface area contributed by atoms with Crippen molar-refractivity contribution in [3.63, 3.8) is 0 Å². The molecule has 0 saturated carbocycles. The maximum Gasteiger partial charge on any atom is 0.185 e. The van der Waals surface area contributed by atoms with E-state index in [1.54, 1.807) is 0 Å². The van der Waals surface area contributed by atoms with Gasteiger partial charge in [0.25, 0.3) is 0 Å². The lowest BCUT2D eigenvalue weighted by atomic mass is 10.1. The highest BCUT2D eigenvalue weighted by atomic mass is 32.1. The lowest BCUT2D eigenvalue weighted by Crippen LogP contribution is -2.36. The van der Waals surface area contributed by atoms with Crippen molar-refractivity contribution in [2.75, 3.05) is 31.6 Å². The van der Waals surface area contributed by atoms with E-state index in [0.717, 1.165) is 51.9 Å². The van der Waals surface area contributed by atoms with Crippen molar-refractivity contribution in [1.82, 2.24) is 10.3 Å². The first-order chi connectivity index (χ1) is 9.78. The number of nitrogens with one attached hydrogen (secondary N) is 1. The van der Waals surface area contributed by atoms with E-state index < -0.39 is 0 Å². The molecule has 0 radical (unpaired) electrons. The number of anilines is 1. The standard InChI is InChI=1S/C15H27N3OS/c1-4-6-13-14(11-16-5-2)20-15(17-13)18-9-7-12(19-3)8-10-18/h12,16H,4-11H2,1-3H3. The summed E-state index contributed by atoms with van der Waals surface area (Å²) < 4.78 is 5.44. The lowest BCUT2D eigenvalue weighted by molar-refractivity contribution is 0.0819. The Morgan fingerprint density at radius 1 is 1.35 bits per heavy atom. The number of aromatic nitrogens is 1. The highest BCUT2D eigenvalue weighted by molar-refractivity contribution is 7.15. The zero-order valence-corrected chi connectivity index (χ0v) is 13.8. The van der Waals surface area contributed by atoms with Crippen molar-refractivity contribution in [1.29, 1.82) is 0 Å². The molecule has 2 heterocycles. The quantitative estimate of drug-likeness (QED) is 0.840.